The van der Waals surface area contributed by atoms with Crippen LogP contribution in [0.2, 0.25) is 0 Å². The van der Waals surface area contributed by atoms with E-state index >= 15 is 0 Å². The van der Waals surface area contributed by atoms with E-state index in [9.17, 15) is 30.6 Å². The van der Waals surface area contributed by atoms with E-state index in [-0.39, 0.29) is 46.0 Å². The highest BCUT2D eigenvalue weighted by Gasteiger charge is 2.72. The van der Waals surface area contributed by atoms with E-state index in [1.165, 1.54) is 5.57 Å². The molecule has 0 bridgehead atoms. The lowest BCUT2D eigenvalue weighted by atomic mass is 9.33. The molecule has 4 fully saturated rings. The van der Waals surface area contributed by atoms with Crippen molar-refractivity contribution in [2.24, 2.45) is 50.2 Å². The van der Waals surface area contributed by atoms with Gasteiger partial charge in [-0.25, -0.2) is 0 Å². The molecule has 0 heterocycles. The van der Waals surface area contributed by atoms with Crippen LogP contribution in [-0.2, 0) is 0 Å². The molecule has 6 heteroatoms. The Morgan fingerprint density at radius 3 is 2.06 bits per heavy atom. The van der Waals surface area contributed by atoms with Gasteiger partial charge < -0.3 is 30.6 Å². The van der Waals surface area contributed by atoms with Gasteiger partial charge in [-0.2, -0.15) is 0 Å². The van der Waals surface area contributed by atoms with Gasteiger partial charge in [0.15, 0.2) is 0 Å². The Labute approximate surface area is 216 Å². The maximum atomic E-state index is 11.7. The molecule has 0 amide bonds. The predicted octanol–water partition coefficient (Wildman–Crippen LogP) is 3.02. The van der Waals surface area contributed by atoms with E-state index < -0.39 is 41.3 Å². The molecular formula is C30H50O6. The highest BCUT2D eigenvalue weighted by Crippen LogP contribution is 2.75. The summed E-state index contributed by atoms with van der Waals surface area (Å²) in [6.07, 6.45) is 2.09. The van der Waals surface area contributed by atoms with Crippen molar-refractivity contribution in [3.8, 4) is 0 Å². The average molecular weight is 507 g/mol. The fourth-order valence-corrected chi connectivity index (χ4v) is 11.0. The molecule has 5 rings (SSSR count). The van der Waals surface area contributed by atoms with Gasteiger partial charge in [0.2, 0.25) is 0 Å². The highest BCUT2D eigenvalue weighted by molar-refractivity contribution is 5.36. The van der Waals surface area contributed by atoms with Crippen molar-refractivity contribution in [2.45, 2.75) is 118 Å². The molecule has 0 saturated heterocycles. The molecule has 6 N–H and O–H groups in total. The lowest BCUT2D eigenvalue weighted by molar-refractivity contribution is -0.263. The number of allylic oxidation sites excluding steroid dienone is 2. The number of aliphatic hydroxyl groups excluding tert-OH is 6. The Hall–Kier alpha value is -0.500. The van der Waals surface area contributed by atoms with Crippen LogP contribution < -0.4 is 0 Å². The number of rotatable bonds is 1. The van der Waals surface area contributed by atoms with Crippen molar-refractivity contribution >= 4 is 0 Å². The summed E-state index contributed by atoms with van der Waals surface area (Å²) in [5, 5.41) is 66.6. The molecule has 0 aromatic rings. The smallest absolute Gasteiger partial charge is 0.0913 e. The van der Waals surface area contributed by atoms with Gasteiger partial charge in [0.1, 0.15) is 0 Å². The molecule has 5 aliphatic carbocycles. The van der Waals surface area contributed by atoms with Gasteiger partial charge in [-0.3, -0.25) is 0 Å². The quantitative estimate of drug-likeness (QED) is 0.304. The van der Waals surface area contributed by atoms with E-state index in [1.54, 1.807) is 0 Å². The Kier molecular flexibility index (Phi) is 5.86. The van der Waals surface area contributed by atoms with Crippen LogP contribution in [0, 0.1) is 50.2 Å². The fraction of sp³-hybridized carbons (Fsp3) is 0.933. The zero-order valence-corrected chi connectivity index (χ0v) is 23.3. The first kappa shape index (κ1) is 27.1. The van der Waals surface area contributed by atoms with Crippen LogP contribution in [-0.4, -0.2) is 67.8 Å². The molecule has 0 aromatic heterocycles. The minimum absolute atomic E-state index is 0.145. The van der Waals surface area contributed by atoms with Crippen LogP contribution in [0.1, 0.15) is 87.0 Å². The van der Waals surface area contributed by atoms with Gasteiger partial charge in [-0.1, -0.05) is 60.1 Å². The Morgan fingerprint density at radius 1 is 0.806 bits per heavy atom. The van der Waals surface area contributed by atoms with Gasteiger partial charge in [0, 0.05) is 0 Å². The minimum atomic E-state index is -1.20. The maximum Gasteiger partial charge on any atom is 0.0913 e. The van der Waals surface area contributed by atoms with Gasteiger partial charge in [0.05, 0.1) is 42.5 Å². The largest absolute Gasteiger partial charge is 0.396 e. The van der Waals surface area contributed by atoms with Crippen molar-refractivity contribution in [1.29, 1.82) is 0 Å². The van der Waals surface area contributed by atoms with Crippen molar-refractivity contribution in [3.63, 3.8) is 0 Å². The van der Waals surface area contributed by atoms with Crippen LogP contribution in [0.3, 0.4) is 0 Å². The summed E-state index contributed by atoms with van der Waals surface area (Å²) >= 11 is 0. The molecule has 0 unspecified atom stereocenters. The number of aliphatic hydroxyl groups is 6. The van der Waals surface area contributed by atoms with Gasteiger partial charge in [-0.15, -0.1) is 0 Å². The van der Waals surface area contributed by atoms with Crippen molar-refractivity contribution in [1.82, 2.24) is 0 Å². The summed E-state index contributed by atoms with van der Waals surface area (Å²) in [5.74, 6) is 0.346. The molecule has 0 spiro atoms. The Morgan fingerprint density at radius 2 is 1.44 bits per heavy atom. The van der Waals surface area contributed by atoms with Crippen LogP contribution in [0.5, 0.6) is 0 Å². The van der Waals surface area contributed by atoms with Crippen molar-refractivity contribution < 1.29 is 30.6 Å². The fourth-order valence-electron chi connectivity index (χ4n) is 11.0. The molecule has 5 aliphatic rings. The zero-order chi connectivity index (χ0) is 26.9. The van der Waals surface area contributed by atoms with Gasteiger partial charge in [-0.05, 0) is 83.4 Å². The van der Waals surface area contributed by atoms with Gasteiger partial charge >= 0.3 is 0 Å². The monoisotopic (exact) mass is 506 g/mol. The first-order valence-corrected chi connectivity index (χ1v) is 14.2. The van der Waals surface area contributed by atoms with Crippen molar-refractivity contribution in [2.75, 3.05) is 6.61 Å². The molecule has 6 nitrogen and oxygen atoms in total. The third-order valence-corrected chi connectivity index (χ3v) is 13.4. The van der Waals surface area contributed by atoms with Crippen LogP contribution in [0.25, 0.3) is 0 Å². The lowest BCUT2D eigenvalue weighted by Crippen LogP contribution is -2.72. The van der Waals surface area contributed by atoms with Crippen LogP contribution in [0.15, 0.2) is 11.6 Å². The summed E-state index contributed by atoms with van der Waals surface area (Å²) in [5.41, 5.74) is -1.50. The molecule has 206 valence electrons. The second-order valence-corrected chi connectivity index (χ2v) is 15.5. The van der Waals surface area contributed by atoms with Crippen molar-refractivity contribution in [3.05, 3.63) is 11.6 Å². The molecule has 36 heavy (non-hydrogen) atoms. The topological polar surface area (TPSA) is 121 Å². The van der Waals surface area contributed by atoms with E-state index in [0.29, 0.717) is 19.3 Å². The SMILES string of the molecule is CC1(C)C[C@H]2C3=CC[C@@H]4[C@@]5(C)C[C@@H](O)[C@H](O)C(C)(C)[C@H]5CC[C@@]4(C)[C@]3(C)C[C@H](O)[C@@]2(CO)[C@@H](O)[C@@H]1O. The number of fused-ring (bicyclic) bond motifs is 7. The second kappa shape index (κ2) is 7.79. The molecule has 4 saturated carbocycles. The normalized spacial score (nSPS) is 57.5. The third-order valence-electron chi connectivity index (χ3n) is 13.4. The number of hydrogen-bond donors (Lipinski definition) is 6. The summed E-state index contributed by atoms with van der Waals surface area (Å²) in [4.78, 5) is 0. The van der Waals surface area contributed by atoms with Crippen LogP contribution in [0.4, 0.5) is 0 Å². The molecular weight excluding hydrogens is 456 g/mol. The van der Waals surface area contributed by atoms with E-state index in [4.69, 9.17) is 0 Å². The predicted molar refractivity (Wildman–Crippen MR) is 138 cm³/mol. The lowest BCUT2D eigenvalue weighted by Gasteiger charge is -2.72. The first-order valence-electron chi connectivity index (χ1n) is 14.2. The Bertz CT molecular complexity index is 944. The number of hydrogen-bond acceptors (Lipinski definition) is 6. The third kappa shape index (κ3) is 2.95. The first-order chi connectivity index (χ1) is 16.4. The Balaban J connectivity index is 1.64. The summed E-state index contributed by atoms with van der Waals surface area (Å²) < 4.78 is 0. The van der Waals surface area contributed by atoms with Gasteiger partial charge in [0.25, 0.3) is 0 Å². The highest BCUT2D eigenvalue weighted by atomic mass is 16.3. The van der Waals surface area contributed by atoms with Crippen LogP contribution >= 0.6 is 0 Å². The average Bonchev–Trinajstić information content (AvgIpc) is 2.77. The van der Waals surface area contributed by atoms with E-state index in [0.717, 1.165) is 19.3 Å². The minimum Gasteiger partial charge on any atom is -0.396 e. The maximum absolute atomic E-state index is 11.7. The summed E-state index contributed by atoms with van der Waals surface area (Å²) in [7, 11) is 0. The second-order valence-electron chi connectivity index (χ2n) is 15.5. The summed E-state index contributed by atoms with van der Waals surface area (Å²) in [6.45, 7) is 14.8. The molecule has 0 aliphatic heterocycles. The molecule has 0 aromatic carbocycles. The molecule has 12 atom stereocenters. The molecule has 0 radical (unpaired) electrons. The summed E-state index contributed by atoms with van der Waals surface area (Å²) in [6, 6.07) is 0. The zero-order valence-electron chi connectivity index (χ0n) is 23.3. The van der Waals surface area contributed by atoms with E-state index in [1.807, 2.05) is 13.8 Å². The standard InChI is InChI=1S/C30H50O6/c1-25(2)12-17-16-8-9-20-27(5)13-18(32)22(34)26(3,4)19(27)10-11-28(20,6)29(16,7)14-21(33)30(17,15-31)24(36)23(25)35/h8,17-24,31-36H,9-15H2,1-7H3/t17-,18+,19+,20+,21-,22-,23-,24-,27-,28+,29+,30-/m0/s1. The van der Waals surface area contributed by atoms with E-state index in [2.05, 4.69) is 40.7 Å².